The van der Waals surface area contributed by atoms with Gasteiger partial charge in [0.2, 0.25) is 0 Å². The molecule has 0 saturated carbocycles. The molecule has 0 aliphatic carbocycles. The van der Waals surface area contributed by atoms with E-state index in [0.29, 0.717) is 18.0 Å². The quantitative estimate of drug-likeness (QED) is 0.860. The van der Waals surface area contributed by atoms with Crippen LogP contribution in [0.2, 0.25) is 0 Å². The minimum absolute atomic E-state index is 0.104. The molecule has 0 aliphatic rings. The molecule has 0 bridgehead atoms. The molecule has 1 amide bonds. The van der Waals surface area contributed by atoms with Crippen LogP contribution in [-0.2, 0) is 6.54 Å². The van der Waals surface area contributed by atoms with E-state index in [0.717, 1.165) is 5.56 Å². The van der Waals surface area contributed by atoms with Crippen molar-refractivity contribution in [3.63, 3.8) is 0 Å². The average molecular weight is 272 g/mol. The van der Waals surface area contributed by atoms with Gasteiger partial charge in [0.1, 0.15) is 5.76 Å². The monoisotopic (exact) mass is 272 g/mol. The third kappa shape index (κ3) is 3.07. The molecule has 1 aromatic carbocycles. The van der Waals surface area contributed by atoms with E-state index in [1.165, 1.54) is 6.39 Å². The van der Waals surface area contributed by atoms with Gasteiger partial charge in [-0.2, -0.15) is 0 Å². The molecule has 0 spiro atoms. The summed E-state index contributed by atoms with van der Waals surface area (Å²) in [6, 6.07) is 9.95. The third-order valence-corrected chi connectivity index (χ3v) is 3.19. The first kappa shape index (κ1) is 14.3. The Labute approximate surface area is 119 Å². The largest absolute Gasteiger partial charge is 0.448 e. The average Bonchev–Trinajstić information content (AvgIpc) is 2.81. The molecule has 4 heteroatoms. The van der Waals surface area contributed by atoms with Crippen molar-refractivity contribution >= 4 is 5.91 Å². The molecule has 1 aromatic heterocycles. The maximum atomic E-state index is 12.7. The molecular weight excluding hydrogens is 252 g/mol. The van der Waals surface area contributed by atoms with Crippen molar-refractivity contribution in [3.8, 4) is 0 Å². The molecule has 1 heterocycles. The molecule has 0 N–H and O–H groups in total. The highest BCUT2D eigenvalue weighted by Crippen LogP contribution is 2.21. The van der Waals surface area contributed by atoms with Crippen LogP contribution in [0.3, 0.4) is 0 Å². The van der Waals surface area contributed by atoms with E-state index < -0.39 is 0 Å². The van der Waals surface area contributed by atoms with Crippen molar-refractivity contribution in [1.82, 2.24) is 9.88 Å². The van der Waals surface area contributed by atoms with Gasteiger partial charge in [0.05, 0.1) is 0 Å². The molecule has 2 rings (SSSR count). The first-order chi connectivity index (χ1) is 9.39. The number of benzene rings is 1. The summed E-state index contributed by atoms with van der Waals surface area (Å²) in [7, 11) is 0. The molecule has 106 valence electrons. The van der Waals surface area contributed by atoms with Crippen molar-refractivity contribution in [2.75, 3.05) is 0 Å². The molecule has 0 unspecified atom stereocenters. The van der Waals surface area contributed by atoms with Crippen LogP contribution in [0.15, 0.2) is 41.1 Å². The van der Waals surface area contributed by atoms with Crippen LogP contribution in [0.25, 0.3) is 0 Å². The fourth-order valence-corrected chi connectivity index (χ4v) is 2.02. The predicted molar refractivity (Wildman–Crippen MR) is 77.3 cm³/mol. The Balaban J connectivity index is 2.30. The minimum atomic E-state index is -0.293. The summed E-state index contributed by atoms with van der Waals surface area (Å²) in [5.41, 5.74) is 1.19. The second-order valence-electron chi connectivity index (χ2n) is 5.80. The molecule has 0 radical (unpaired) electrons. The molecule has 0 fully saturated rings. The number of hydrogen-bond donors (Lipinski definition) is 0. The Morgan fingerprint density at radius 1 is 1.25 bits per heavy atom. The first-order valence-electron chi connectivity index (χ1n) is 6.65. The maximum absolute atomic E-state index is 12.7. The second kappa shape index (κ2) is 5.49. The number of hydrogen-bond acceptors (Lipinski definition) is 3. The molecule has 4 nitrogen and oxygen atoms in total. The van der Waals surface area contributed by atoms with Gasteiger partial charge in [0.25, 0.3) is 5.91 Å². The standard InChI is InChI=1S/C16H20N2O2/c1-12-14(17-11-20-12)15(19)18(16(2,3)4)10-13-8-6-5-7-9-13/h5-9,11H,10H2,1-4H3. The Kier molecular flexibility index (Phi) is 3.93. The van der Waals surface area contributed by atoms with E-state index in [1.54, 1.807) is 6.92 Å². The number of aromatic nitrogens is 1. The topological polar surface area (TPSA) is 46.3 Å². The number of carbonyl (C=O) groups excluding carboxylic acids is 1. The summed E-state index contributed by atoms with van der Waals surface area (Å²) < 4.78 is 5.14. The van der Waals surface area contributed by atoms with Crippen LogP contribution < -0.4 is 0 Å². The van der Waals surface area contributed by atoms with Crippen molar-refractivity contribution in [3.05, 3.63) is 53.7 Å². The van der Waals surface area contributed by atoms with Gasteiger partial charge in [0.15, 0.2) is 12.1 Å². The van der Waals surface area contributed by atoms with Gasteiger partial charge in [0, 0.05) is 12.1 Å². The molecule has 0 saturated heterocycles. The molecule has 0 aliphatic heterocycles. The molecule has 0 atom stereocenters. The summed E-state index contributed by atoms with van der Waals surface area (Å²) in [5, 5.41) is 0. The zero-order valence-electron chi connectivity index (χ0n) is 12.4. The van der Waals surface area contributed by atoms with Gasteiger partial charge < -0.3 is 9.32 Å². The van der Waals surface area contributed by atoms with Crippen LogP contribution in [0, 0.1) is 6.92 Å². The van der Waals surface area contributed by atoms with Crippen molar-refractivity contribution in [1.29, 1.82) is 0 Å². The SMILES string of the molecule is Cc1ocnc1C(=O)N(Cc1ccccc1)C(C)(C)C. The van der Waals surface area contributed by atoms with Crippen LogP contribution in [-0.4, -0.2) is 21.3 Å². The number of oxazole rings is 1. The van der Waals surface area contributed by atoms with Crippen molar-refractivity contribution < 1.29 is 9.21 Å². The molecule has 2 aromatic rings. The van der Waals surface area contributed by atoms with E-state index in [1.807, 2.05) is 56.0 Å². The molecular formula is C16H20N2O2. The summed E-state index contributed by atoms with van der Waals surface area (Å²) in [6.07, 6.45) is 1.31. The van der Waals surface area contributed by atoms with E-state index in [4.69, 9.17) is 4.42 Å². The van der Waals surface area contributed by atoms with Crippen LogP contribution in [0.1, 0.15) is 42.6 Å². The summed E-state index contributed by atoms with van der Waals surface area (Å²) in [4.78, 5) is 18.5. The van der Waals surface area contributed by atoms with Crippen LogP contribution in [0.5, 0.6) is 0 Å². The number of aryl methyl sites for hydroxylation is 1. The first-order valence-corrected chi connectivity index (χ1v) is 6.65. The van der Waals surface area contributed by atoms with Crippen LogP contribution >= 0.6 is 0 Å². The summed E-state index contributed by atoms with van der Waals surface area (Å²) in [5.74, 6) is 0.449. The number of amides is 1. The number of carbonyl (C=O) groups is 1. The van der Waals surface area contributed by atoms with E-state index in [2.05, 4.69) is 4.98 Å². The van der Waals surface area contributed by atoms with Gasteiger partial charge in [-0.1, -0.05) is 30.3 Å². The van der Waals surface area contributed by atoms with Crippen LogP contribution in [0.4, 0.5) is 0 Å². The highest BCUT2D eigenvalue weighted by Gasteiger charge is 2.30. The van der Waals surface area contributed by atoms with Gasteiger partial charge in [-0.05, 0) is 33.3 Å². The fourth-order valence-electron chi connectivity index (χ4n) is 2.02. The predicted octanol–water partition coefficient (Wildman–Crippen LogP) is 3.42. The Morgan fingerprint density at radius 2 is 1.90 bits per heavy atom. The highest BCUT2D eigenvalue weighted by atomic mass is 16.3. The third-order valence-electron chi connectivity index (χ3n) is 3.19. The fraction of sp³-hybridized carbons (Fsp3) is 0.375. The normalized spacial score (nSPS) is 11.4. The van der Waals surface area contributed by atoms with Gasteiger partial charge in [-0.15, -0.1) is 0 Å². The molecule has 20 heavy (non-hydrogen) atoms. The lowest BCUT2D eigenvalue weighted by Crippen LogP contribution is -2.45. The van der Waals surface area contributed by atoms with E-state index >= 15 is 0 Å². The Hall–Kier alpha value is -2.10. The zero-order chi connectivity index (χ0) is 14.8. The van der Waals surface area contributed by atoms with E-state index in [9.17, 15) is 4.79 Å². The number of nitrogens with zero attached hydrogens (tertiary/aromatic N) is 2. The lowest BCUT2D eigenvalue weighted by atomic mass is 10.0. The lowest BCUT2D eigenvalue weighted by Gasteiger charge is -2.35. The highest BCUT2D eigenvalue weighted by molar-refractivity contribution is 5.93. The second-order valence-corrected chi connectivity index (χ2v) is 5.80. The van der Waals surface area contributed by atoms with Crippen molar-refractivity contribution in [2.45, 2.75) is 39.8 Å². The Bertz CT molecular complexity index is 582. The Morgan fingerprint density at radius 3 is 2.40 bits per heavy atom. The zero-order valence-corrected chi connectivity index (χ0v) is 12.4. The summed E-state index contributed by atoms with van der Waals surface area (Å²) >= 11 is 0. The lowest BCUT2D eigenvalue weighted by molar-refractivity contribution is 0.0551. The van der Waals surface area contributed by atoms with Gasteiger partial charge in [-0.25, -0.2) is 4.98 Å². The summed E-state index contributed by atoms with van der Waals surface area (Å²) in [6.45, 7) is 8.36. The van der Waals surface area contributed by atoms with Crippen molar-refractivity contribution in [2.24, 2.45) is 0 Å². The smallest absolute Gasteiger partial charge is 0.276 e. The van der Waals surface area contributed by atoms with E-state index in [-0.39, 0.29) is 11.4 Å². The maximum Gasteiger partial charge on any atom is 0.276 e. The van der Waals surface area contributed by atoms with Gasteiger partial charge >= 0.3 is 0 Å². The minimum Gasteiger partial charge on any atom is -0.448 e. The number of rotatable bonds is 3. The van der Waals surface area contributed by atoms with Gasteiger partial charge in [-0.3, -0.25) is 4.79 Å².